The standard InChI is InChI=1S/C17H25N3/c1-12(2)16(20-10-8-13(3)9-11-20)17-18-14-6-4-5-7-15(14)19-17/h4-7,12-13,16H,8-11H2,1-3H3,(H,18,19). The van der Waals surface area contributed by atoms with E-state index in [1.54, 1.807) is 0 Å². The number of likely N-dealkylation sites (tertiary alicyclic amines) is 1. The van der Waals surface area contributed by atoms with E-state index in [4.69, 9.17) is 4.98 Å². The number of nitrogens with one attached hydrogen (secondary N) is 1. The summed E-state index contributed by atoms with van der Waals surface area (Å²) in [6.07, 6.45) is 2.62. The van der Waals surface area contributed by atoms with Crippen LogP contribution in [-0.2, 0) is 0 Å². The number of H-pyrrole nitrogens is 1. The van der Waals surface area contributed by atoms with Crippen LogP contribution in [0.4, 0.5) is 0 Å². The van der Waals surface area contributed by atoms with E-state index >= 15 is 0 Å². The minimum absolute atomic E-state index is 0.412. The summed E-state index contributed by atoms with van der Waals surface area (Å²) < 4.78 is 0. The summed E-state index contributed by atoms with van der Waals surface area (Å²) in [6.45, 7) is 9.36. The van der Waals surface area contributed by atoms with Gasteiger partial charge >= 0.3 is 0 Å². The molecule has 0 radical (unpaired) electrons. The van der Waals surface area contributed by atoms with Gasteiger partial charge in [0.1, 0.15) is 5.82 Å². The van der Waals surface area contributed by atoms with Gasteiger partial charge < -0.3 is 4.98 Å². The molecule has 0 saturated carbocycles. The molecular formula is C17H25N3. The molecular weight excluding hydrogens is 246 g/mol. The monoisotopic (exact) mass is 271 g/mol. The molecule has 108 valence electrons. The van der Waals surface area contributed by atoms with E-state index in [1.165, 1.54) is 25.9 Å². The summed E-state index contributed by atoms with van der Waals surface area (Å²) in [6, 6.07) is 8.74. The Labute approximate surface area is 121 Å². The summed E-state index contributed by atoms with van der Waals surface area (Å²) in [4.78, 5) is 11.0. The van der Waals surface area contributed by atoms with Crippen molar-refractivity contribution in [3.63, 3.8) is 0 Å². The molecule has 1 atom stereocenters. The van der Waals surface area contributed by atoms with Crippen molar-refractivity contribution < 1.29 is 0 Å². The van der Waals surface area contributed by atoms with Crippen molar-refractivity contribution in [2.45, 2.75) is 39.7 Å². The molecule has 3 heteroatoms. The van der Waals surface area contributed by atoms with Gasteiger partial charge in [-0.1, -0.05) is 32.9 Å². The van der Waals surface area contributed by atoms with Gasteiger partial charge in [0.15, 0.2) is 0 Å². The topological polar surface area (TPSA) is 31.9 Å². The van der Waals surface area contributed by atoms with Crippen LogP contribution in [0.25, 0.3) is 11.0 Å². The number of rotatable bonds is 3. The molecule has 0 bridgehead atoms. The molecule has 20 heavy (non-hydrogen) atoms. The Morgan fingerprint density at radius 3 is 2.55 bits per heavy atom. The Balaban J connectivity index is 1.90. The molecule has 1 aromatic carbocycles. The third-order valence-corrected chi connectivity index (χ3v) is 4.53. The van der Waals surface area contributed by atoms with Crippen LogP contribution in [0, 0.1) is 11.8 Å². The van der Waals surface area contributed by atoms with Crippen molar-refractivity contribution in [3.05, 3.63) is 30.1 Å². The van der Waals surface area contributed by atoms with Crippen molar-refractivity contribution >= 4 is 11.0 Å². The van der Waals surface area contributed by atoms with Crippen molar-refractivity contribution in [1.29, 1.82) is 0 Å². The molecule has 1 N–H and O–H groups in total. The Morgan fingerprint density at radius 2 is 1.90 bits per heavy atom. The third-order valence-electron chi connectivity index (χ3n) is 4.53. The maximum atomic E-state index is 4.83. The van der Waals surface area contributed by atoms with Crippen LogP contribution in [0.1, 0.15) is 45.5 Å². The minimum atomic E-state index is 0.412. The molecule has 1 unspecified atom stereocenters. The molecule has 1 aromatic heterocycles. The highest BCUT2D eigenvalue weighted by molar-refractivity contribution is 5.74. The number of aromatic amines is 1. The average molecular weight is 271 g/mol. The van der Waals surface area contributed by atoms with Crippen molar-refractivity contribution in [2.75, 3.05) is 13.1 Å². The molecule has 0 amide bonds. The lowest BCUT2D eigenvalue weighted by molar-refractivity contribution is 0.103. The lowest BCUT2D eigenvalue weighted by atomic mass is 9.94. The molecule has 3 nitrogen and oxygen atoms in total. The molecule has 3 rings (SSSR count). The van der Waals surface area contributed by atoms with E-state index in [2.05, 4.69) is 54.9 Å². The first-order valence-corrected chi connectivity index (χ1v) is 7.84. The number of aromatic nitrogens is 2. The van der Waals surface area contributed by atoms with Crippen LogP contribution in [0.2, 0.25) is 0 Å². The largest absolute Gasteiger partial charge is 0.341 e. The zero-order chi connectivity index (χ0) is 14.1. The van der Waals surface area contributed by atoms with Gasteiger partial charge in [0.25, 0.3) is 0 Å². The fraction of sp³-hybridized carbons (Fsp3) is 0.588. The van der Waals surface area contributed by atoms with Gasteiger partial charge in [0.2, 0.25) is 0 Å². The van der Waals surface area contributed by atoms with Crippen LogP contribution >= 0.6 is 0 Å². The maximum Gasteiger partial charge on any atom is 0.124 e. The fourth-order valence-corrected chi connectivity index (χ4v) is 3.33. The average Bonchev–Trinajstić information content (AvgIpc) is 2.84. The molecule has 2 aromatic rings. The predicted octanol–water partition coefficient (Wildman–Crippen LogP) is 3.99. The van der Waals surface area contributed by atoms with E-state index < -0.39 is 0 Å². The van der Waals surface area contributed by atoms with E-state index in [-0.39, 0.29) is 0 Å². The third kappa shape index (κ3) is 2.59. The fourth-order valence-electron chi connectivity index (χ4n) is 3.33. The predicted molar refractivity (Wildman–Crippen MR) is 83.6 cm³/mol. The number of benzene rings is 1. The summed E-state index contributed by atoms with van der Waals surface area (Å²) in [5.74, 6) is 2.58. The summed E-state index contributed by atoms with van der Waals surface area (Å²) in [5.41, 5.74) is 2.23. The van der Waals surface area contributed by atoms with Crippen molar-refractivity contribution in [2.24, 2.45) is 11.8 Å². The number of piperidine rings is 1. The zero-order valence-electron chi connectivity index (χ0n) is 12.8. The van der Waals surface area contributed by atoms with Gasteiger partial charge in [-0.3, -0.25) is 4.90 Å². The first-order valence-electron chi connectivity index (χ1n) is 7.84. The highest BCUT2D eigenvalue weighted by Gasteiger charge is 2.29. The van der Waals surface area contributed by atoms with Crippen LogP contribution in [0.15, 0.2) is 24.3 Å². The Hall–Kier alpha value is -1.35. The van der Waals surface area contributed by atoms with E-state index in [1.807, 2.05) is 0 Å². The second-order valence-corrected chi connectivity index (χ2v) is 6.55. The van der Waals surface area contributed by atoms with Crippen molar-refractivity contribution in [3.8, 4) is 0 Å². The van der Waals surface area contributed by atoms with E-state index in [9.17, 15) is 0 Å². The van der Waals surface area contributed by atoms with Crippen LogP contribution in [-0.4, -0.2) is 28.0 Å². The Bertz CT molecular complexity index is 531. The summed E-state index contributed by atoms with van der Waals surface area (Å²) in [5, 5.41) is 0. The molecule has 1 aliphatic heterocycles. The van der Waals surface area contributed by atoms with E-state index in [0.29, 0.717) is 12.0 Å². The molecule has 0 spiro atoms. The maximum absolute atomic E-state index is 4.83. The molecule has 2 heterocycles. The van der Waals surface area contributed by atoms with Gasteiger partial charge in [-0.2, -0.15) is 0 Å². The Kier molecular flexibility index (Phi) is 3.79. The normalized spacial score (nSPS) is 19.8. The molecule has 1 saturated heterocycles. The first kappa shape index (κ1) is 13.6. The van der Waals surface area contributed by atoms with E-state index in [0.717, 1.165) is 22.8 Å². The molecule has 0 aliphatic carbocycles. The second-order valence-electron chi connectivity index (χ2n) is 6.55. The minimum Gasteiger partial charge on any atom is -0.341 e. The number of nitrogens with zero attached hydrogens (tertiary/aromatic N) is 2. The number of hydrogen-bond acceptors (Lipinski definition) is 2. The van der Waals surface area contributed by atoms with Gasteiger partial charge in [0.05, 0.1) is 17.1 Å². The zero-order valence-corrected chi connectivity index (χ0v) is 12.8. The number of hydrogen-bond donors (Lipinski definition) is 1. The second kappa shape index (κ2) is 5.57. The lowest BCUT2D eigenvalue weighted by Gasteiger charge is -2.37. The SMILES string of the molecule is CC1CCN(C(c2nc3ccccc3[nH]2)C(C)C)CC1. The van der Waals surface area contributed by atoms with Crippen LogP contribution in [0.5, 0.6) is 0 Å². The van der Waals surface area contributed by atoms with Crippen LogP contribution < -0.4 is 0 Å². The highest BCUT2D eigenvalue weighted by Crippen LogP contribution is 2.31. The lowest BCUT2D eigenvalue weighted by Crippen LogP contribution is -2.38. The quantitative estimate of drug-likeness (QED) is 0.915. The van der Waals surface area contributed by atoms with Crippen LogP contribution in [0.3, 0.4) is 0 Å². The molecule has 1 fully saturated rings. The Morgan fingerprint density at radius 1 is 1.20 bits per heavy atom. The number of fused-ring (bicyclic) bond motifs is 1. The first-order chi connectivity index (χ1) is 9.65. The van der Waals surface area contributed by atoms with Crippen molar-refractivity contribution in [1.82, 2.24) is 14.9 Å². The number of para-hydroxylation sites is 2. The molecule has 1 aliphatic rings. The van der Waals surface area contributed by atoms with Gasteiger partial charge in [-0.15, -0.1) is 0 Å². The highest BCUT2D eigenvalue weighted by atomic mass is 15.2. The smallest absolute Gasteiger partial charge is 0.124 e. The van der Waals surface area contributed by atoms with Gasteiger partial charge in [0, 0.05) is 0 Å². The summed E-state index contributed by atoms with van der Waals surface area (Å²) in [7, 11) is 0. The van der Waals surface area contributed by atoms with Gasteiger partial charge in [-0.05, 0) is 49.9 Å². The van der Waals surface area contributed by atoms with Gasteiger partial charge in [-0.25, -0.2) is 4.98 Å². The summed E-state index contributed by atoms with van der Waals surface area (Å²) >= 11 is 0. The number of imidazole rings is 1.